The number of aliphatic hydroxyl groups excluding tert-OH is 1. The fourth-order valence-corrected chi connectivity index (χ4v) is 3.41. The van der Waals surface area contributed by atoms with Crippen LogP contribution in [0.15, 0.2) is 0 Å². The summed E-state index contributed by atoms with van der Waals surface area (Å²) in [5.74, 6) is 0.875. The third-order valence-electron chi connectivity index (χ3n) is 4.58. The predicted octanol–water partition coefficient (Wildman–Crippen LogP) is 1.93. The average Bonchev–Trinajstić information content (AvgIpc) is 2.73. The van der Waals surface area contributed by atoms with Crippen LogP contribution in [0.2, 0.25) is 0 Å². The van der Waals surface area contributed by atoms with E-state index in [1.807, 2.05) is 0 Å². The summed E-state index contributed by atoms with van der Waals surface area (Å²) in [4.78, 5) is 0. The van der Waals surface area contributed by atoms with Crippen LogP contribution in [0.5, 0.6) is 0 Å². The summed E-state index contributed by atoms with van der Waals surface area (Å²) in [5.41, 5.74) is 0.558. The Balaban J connectivity index is 2.01. The molecular formula is C12H23NO. The lowest BCUT2D eigenvalue weighted by molar-refractivity contribution is 0.0270. The van der Waals surface area contributed by atoms with Crippen LogP contribution in [0.3, 0.4) is 0 Å². The van der Waals surface area contributed by atoms with Gasteiger partial charge in [-0.25, -0.2) is 0 Å². The smallest absolute Gasteiger partial charge is 0.0540 e. The van der Waals surface area contributed by atoms with E-state index in [0.717, 1.165) is 18.8 Å². The van der Waals surface area contributed by atoms with Gasteiger partial charge in [-0.15, -0.1) is 0 Å². The second kappa shape index (κ2) is 4.19. The highest BCUT2D eigenvalue weighted by Gasteiger charge is 2.40. The maximum absolute atomic E-state index is 9.56. The quantitative estimate of drug-likeness (QED) is 0.709. The van der Waals surface area contributed by atoms with Crippen LogP contribution >= 0.6 is 0 Å². The molecule has 1 saturated carbocycles. The summed E-state index contributed by atoms with van der Waals surface area (Å²) >= 11 is 0. The minimum Gasteiger partial charge on any atom is -0.393 e. The van der Waals surface area contributed by atoms with Gasteiger partial charge in [-0.1, -0.05) is 13.3 Å². The first-order valence-corrected chi connectivity index (χ1v) is 6.15. The predicted molar refractivity (Wildman–Crippen MR) is 58.2 cm³/mol. The third kappa shape index (κ3) is 1.82. The summed E-state index contributed by atoms with van der Waals surface area (Å²) in [7, 11) is 0. The van der Waals surface area contributed by atoms with E-state index in [1.54, 1.807) is 0 Å². The topological polar surface area (TPSA) is 32.3 Å². The fraction of sp³-hybridized carbons (Fsp3) is 1.00. The van der Waals surface area contributed by atoms with E-state index in [-0.39, 0.29) is 6.10 Å². The van der Waals surface area contributed by atoms with E-state index in [1.165, 1.54) is 38.8 Å². The molecule has 0 aromatic rings. The van der Waals surface area contributed by atoms with E-state index in [0.29, 0.717) is 5.41 Å². The minimum atomic E-state index is -0.0102. The number of nitrogens with one attached hydrogen (secondary N) is 1. The lowest BCUT2D eigenvalue weighted by Crippen LogP contribution is -2.37. The Morgan fingerprint density at radius 1 is 1.29 bits per heavy atom. The summed E-state index contributed by atoms with van der Waals surface area (Å²) in [6, 6.07) is 0. The Morgan fingerprint density at radius 2 is 2.00 bits per heavy atom. The monoisotopic (exact) mass is 197 g/mol. The zero-order valence-corrected chi connectivity index (χ0v) is 9.26. The van der Waals surface area contributed by atoms with Gasteiger partial charge in [-0.3, -0.25) is 0 Å². The first-order chi connectivity index (χ1) is 6.77. The molecule has 0 radical (unpaired) electrons. The molecule has 1 unspecified atom stereocenters. The molecule has 0 spiro atoms. The standard InChI is InChI=1S/C12H23NO/c1-2-12(10-5-8-13-9-10)6-3-11(14)4-7-12/h10-11,13-14H,2-9H2,1H3. The van der Waals surface area contributed by atoms with Crippen LogP contribution in [0.4, 0.5) is 0 Å². The Morgan fingerprint density at radius 3 is 2.50 bits per heavy atom. The summed E-state index contributed by atoms with van der Waals surface area (Å²) < 4.78 is 0. The van der Waals surface area contributed by atoms with Crippen molar-refractivity contribution in [1.29, 1.82) is 0 Å². The maximum atomic E-state index is 9.56. The zero-order valence-electron chi connectivity index (χ0n) is 9.26. The molecule has 2 nitrogen and oxygen atoms in total. The number of aliphatic hydroxyl groups is 1. The molecule has 0 aromatic carbocycles. The van der Waals surface area contributed by atoms with Crippen molar-refractivity contribution in [2.24, 2.45) is 11.3 Å². The summed E-state index contributed by atoms with van der Waals surface area (Å²) in [6.07, 6.45) is 7.20. The Kier molecular flexibility index (Phi) is 3.13. The van der Waals surface area contributed by atoms with Gasteiger partial charge in [-0.05, 0) is 56.5 Å². The zero-order chi connectivity index (χ0) is 10.0. The number of hydrogen-bond donors (Lipinski definition) is 2. The minimum absolute atomic E-state index is 0.0102. The van der Waals surface area contributed by atoms with Crippen LogP contribution in [0.25, 0.3) is 0 Å². The number of rotatable bonds is 2. The lowest BCUT2D eigenvalue weighted by atomic mass is 9.63. The van der Waals surface area contributed by atoms with Gasteiger partial charge in [0.25, 0.3) is 0 Å². The van der Waals surface area contributed by atoms with Crippen molar-refractivity contribution in [2.75, 3.05) is 13.1 Å². The van der Waals surface area contributed by atoms with Gasteiger partial charge in [0, 0.05) is 0 Å². The first-order valence-electron chi connectivity index (χ1n) is 6.15. The molecule has 14 heavy (non-hydrogen) atoms. The Hall–Kier alpha value is -0.0800. The second-order valence-corrected chi connectivity index (χ2v) is 5.14. The van der Waals surface area contributed by atoms with E-state index in [2.05, 4.69) is 12.2 Å². The van der Waals surface area contributed by atoms with Gasteiger partial charge in [0.1, 0.15) is 0 Å². The molecule has 2 N–H and O–H groups in total. The average molecular weight is 197 g/mol. The number of hydrogen-bond acceptors (Lipinski definition) is 2. The molecule has 1 heterocycles. The van der Waals surface area contributed by atoms with Gasteiger partial charge in [0.2, 0.25) is 0 Å². The van der Waals surface area contributed by atoms with Gasteiger partial charge in [0.15, 0.2) is 0 Å². The van der Waals surface area contributed by atoms with Crippen LogP contribution in [-0.2, 0) is 0 Å². The van der Waals surface area contributed by atoms with Crippen molar-refractivity contribution < 1.29 is 5.11 Å². The fourth-order valence-electron chi connectivity index (χ4n) is 3.41. The van der Waals surface area contributed by atoms with E-state index in [9.17, 15) is 5.11 Å². The lowest BCUT2D eigenvalue weighted by Gasteiger charge is -2.43. The van der Waals surface area contributed by atoms with E-state index < -0.39 is 0 Å². The SMILES string of the molecule is CCC1(C2CCNC2)CCC(O)CC1. The van der Waals surface area contributed by atoms with Crippen molar-refractivity contribution in [3.05, 3.63) is 0 Å². The van der Waals surface area contributed by atoms with Gasteiger partial charge in [-0.2, -0.15) is 0 Å². The van der Waals surface area contributed by atoms with Gasteiger partial charge < -0.3 is 10.4 Å². The van der Waals surface area contributed by atoms with E-state index >= 15 is 0 Å². The Labute approximate surface area is 87.1 Å². The largest absolute Gasteiger partial charge is 0.393 e. The van der Waals surface area contributed by atoms with Gasteiger partial charge >= 0.3 is 0 Å². The molecule has 2 rings (SSSR count). The second-order valence-electron chi connectivity index (χ2n) is 5.14. The molecular weight excluding hydrogens is 174 g/mol. The van der Waals surface area contributed by atoms with E-state index in [4.69, 9.17) is 0 Å². The van der Waals surface area contributed by atoms with Gasteiger partial charge in [0.05, 0.1) is 6.10 Å². The molecule has 1 aliphatic carbocycles. The van der Waals surface area contributed by atoms with Crippen molar-refractivity contribution in [3.63, 3.8) is 0 Å². The van der Waals surface area contributed by atoms with Crippen molar-refractivity contribution in [1.82, 2.24) is 5.32 Å². The molecule has 0 amide bonds. The molecule has 1 aliphatic heterocycles. The third-order valence-corrected chi connectivity index (χ3v) is 4.58. The highest BCUT2D eigenvalue weighted by atomic mass is 16.3. The first kappa shape index (κ1) is 10.4. The normalized spacial score (nSPS) is 44.1. The molecule has 2 heteroatoms. The summed E-state index contributed by atoms with van der Waals surface area (Å²) in [5, 5.41) is 13.0. The highest BCUT2D eigenvalue weighted by Crippen LogP contribution is 2.47. The summed E-state index contributed by atoms with van der Waals surface area (Å²) in [6.45, 7) is 4.74. The molecule has 1 atom stereocenters. The molecule has 2 fully saturated rings. The van der Waals surface area contributed by atoms with Crippen LogP contribution in [-0.4, -0.2) is 24.3 Å². The van der Waals surface area contributed by atoms with Crippen LogP contribution in [0.1, 0.15) is 45.4 Å². The maximum Gasteiger partial charge on any atom is 0.0540 e. The highest BCUT2D eigenvalue weighted by molar-refractivity contribution is 4.93. The Bertz CT molecular complexity index is 179. The van der Waals surface area contributed by atoms with Crippen molar-refractivity contribution in [2.45, 2.75) is 51.6 Å². The molecule has 0 bridgehead atoms. The molecule has 0 aromatic heterocycles. The van der Waals surface area contributed by atoms with Crippen molar-refractivity contribution >= 4 is 0 Å². The van der Waals surface area contributed by atoms with Crippen LogP contribution in [0, 0.1) is 11.3 Å². The van der Waals surface area contributed by atoms with Crippen molar-refractivity contribution in [3.8, 4) is 0 Å². The van der Waals surface area contributed by atoms with Crippen LogP contribution < -0.4 is 5.32 Å². The molecule has 82 valence electrons. The molecule has 2 aliphatic rings. The molecule has 1 saturated heterocycles.